The highest BCUT2D eigenvalue weighted by Crippen LogP contribution is 2.23. The first-order valence-corrected chi connectivity index (χ1v) is 10.2. The normalized spacial score (nSPS) is 13.1. The predicted molar refractivity (Wildman–Crippen MR) is 115 cm³/mol. The molecule has 0 unspecified atom stereocenters. The zero-order valence-electron chi connectivity index (χ0n) is 17.4. The summed E-state index contributed by atoms with van der Waals surface area (Å²) in [7, 11) is 1.60. The number of benzene rings is 2. The van der Waals surface area contributed by atoms with Gasteiger partial charge in [0.1, 0.15) is 16.8 Å². The van der Waals surface area contributed by atoms with Gasteiger partial charge in [0.25, 0.3) is 11.8 Å². The minimum atomic E-state index is -0.260. The minimum Gasteiger partial charge on any atom is -0.496 e. The Balaban J connectivity index is 1.28. The van der Waals surface area contributed by atoms with Gasteiger partial charge < -0.3 is 15.0 Å². The number of H-pyrrole nitrogens is 2. The molecule has 0 spiro atoms. The van der Waals surface area contributed by atoms with Crippen LogP contribution in [0, 0.1) is 0 Å². The fourth-order valence-corrected chi connectivity index (χ4v) is 3.94. The number of amides is 2. The quantitative estimate of drug-likeness (QED) is 0.442. The second-order valence-electron chi connectivity index (χ2n) is 7.53. The van der Waals surface area contributed by atoms with Crippen LogP contribution in [0.2, 0.25) is 0 Å². The van der Waals surface area contributed by atoms with E-state index in [1.54, 1.807) is 30.2 Å². The average Bonchev–Trinajstić information content (AvgIpc) is 3.48. The molecule has 32 heavy (non-hydrogen) atoms. The van der Waals surface area contributed by atoms with Gasteiger partial charge in [0.15, 0.2) is 5.69 Å². The third-order valence-corrected chi connectivity index (χ3v) is 5.63. The van der Waals surface area contributed by atoms with Crippen molar-refractivity contribution in [2.45, 2.75) is 19.5 Å². The van der Waals surface area contributed by atoms with Crippen LogP contribution < -0.4 is 10.1 Å². The van der Waals surface area contributed by atoms with Crippen LogP contribution in [0.25, 0.3) is 11.0 Å². The van der Waals surface area contributed by atoms with Gasteiger partial charge in [0.05, 0.1) is 19.3 Å². The molecule has 0 radical (unpaired) electrons. The lowest BCUT2D eigenvalue weighted by atomic mass is 10.0. The van der Waals surface area contributed by atoms with Crippen molar-refractivity contribution in [2.75, 3.05) is 13.7 Å². The van der Waals surface area contributed by atoms with Gasteiger partial charge in [0, 0.05) is 29.8 Å². The van der Waals surface area contributed by atoms with Crippen LogP contribution in [-0.4, -0.2) is 56.0 Å². The molecule has 5 rings (SSSR count). The number of rotatable bonds is 5. The van der Waals surface area contributed by atoms with Crippen LogP contribution in [0.4, 0.5) is 0 Å². The van der Waals surface area contributed by atoms with Crippen LogP contribution in [0.3, 0.4) is 0 Å². The molecule has 0 saturated heterocycles. The van der Waals surface area contributed by atoms with E-state index >= 15 is 0 Å². The van der Waals surface area contributed by atoms with Crippen molar-refractivity contribution >= 4 is 22.8 Å². The smallest absolute Gasteiger partial charge is 0.272 e. The summed E-state index contributed by atoms with van der Waals surface area (Å²) >= 11 is 0. The summed E-state index contributed by atoms with van der Waals surface area (Å²) in [5, 5.41) is 20.7. The first kappa shape index (κ1) is 19.7. The Bertz CT molecular complexity index is 1310. The molecule has 4 aromatic rings. The maximum Gasteiger partial charge on any atom is 0.272 e. The number of hydrogen-bond acceptors (Lipinski definition) is 6. The van der Waals surface area contributed by atoms with Crippen molar-refractivity contribution in [2.24, 2.45) is 0 Å². The number of nitrogens with one attached hydrogen (secondary N) is 3. The number of methoxy groups -OCH3 is 1. The second kappa shape index (κ2) is 8.14. The maximum absolute atomic E-state index is 13.0. The number of ether oxygens (including phenoxy) is 1. The topological polar surface area (TPSA) is 129 Å². The Morgan fingerprint density at radius 3 is 2.84 bits per heavy atom. The van der Waals surface area contributed by atoms with Crippen molar-refractivity contribution in [3.63, 3.8) is 0 Å². The molecule has 3 N–H and O–H groups in total. The summed E-state index contributed by atoms with van der Waals surface area (Å²) in [6.45, 7) is 1.19. The van der Waals surface area contributed by atoms with Gasteiger partial charge in [-0.2, -0.15) is 20.5 Å². The van der Waals surface area contributed by atoms with Crippen LogP contribution in [0.5, 0.6) is 5.75 Å². The molecule has 0 bridgehead atoms. The van der Waals surface area contributed by atoms with Crippen LogP contribution in [0.1, 0.15) is 37.7 Å². The molecule has 0 aliphatic carbocycles. The molecule has 10 heteroatoms. The fraction of sp³-hybridized carbons (Fsp3) is 0.227. The predicted octanol–water partition coefficient (Wildman–Crippen LogP) is 1.82. The van der Waals surface area contributed by atoms with Gasteiger partial charge in [-0.3, -0.25) is 14.7 Å². The molecular formula is C22H21N7O3. The van der Waals surface area contributed by atoms with E-state index in [0.29, 0.717) is 48.3 Å². The fourth-order valence-electron chi connectivity index (χ4n) is 3.94. The second-order valence-corrected chi connectivity index (χ2v) is 7.53. The number of aromatic nitrogens is 5. The van der Waals surface area contributed by atoms with Gasteiger partial charge in [-0.05, 0) is 30.7 Å². The third-order valence-electron chi connectivity index (χ3n) is 5.63. The monoisotopic (exact) mass is 431 g/mol. The van der Waals surface area contributed by atoms with Gasteiger partial charge in [-0.1, -0.05) is 18.2 Å². The molecule has 2 aromatic carbocycles. The van der Waals surface area contributed by atoms with Gasteiger partial charge in [-0.15, -0.1) is 0 Å². The van der Waals surface area contributed by atoms with Crippen LogP contribution in [-0.2, 0) is 19.5 Å². The molecule has 2 aromatic heterocycles. The molecule has 10 nitrogen and oxygen atoms in total. The highest BCUT2D eigenvalue weighted by atomic mass is 16.5. The molecule has 162 valence electrons. The summed E-state index contributed by atoms with van der Waals surface area (Å²) in [5.41, 5.74) is 4.76. The molecule has 1 aliphatic rings. The summed E-state index contributed by atoms with van der Waals surface area (Å²) in [6, 6.07) is 12.8. The average molecular weight is 431 g/mol. The molecular weight excluding hydrogens is 410 g/mol. The highest BCUT2D eigenvalue weighted by Gasteiger charge is 2.28. The van der Waals surface area contributed by atoms with E-state index < -0.39 is 0 Å². The van der Waals surface area contributed by atoms with Gasteiger partial charge in [-0.25, -0.2) is 0 Å². The Morgan fingerprint density at radius 1 is 1.12 bits per heavy atom. The lowest BCUT2D eigenvalue weighted by Crippen LogP contribution is -2.36. The highest BCUT2D eigenvalue weighted by molar-refractivity contribution is 5.98. The number of carbonyl (C=O) groups excluding carboxylic acids is 2. The maximum atomic E-state index is 13.0. The molecule has 0 saturated carbocycles. The standard InChI is InChI=1S/C22H21N7O3/c1-32-19-5-3-2-4-14(19)11-23-21(30)20-15-8-9-29(12-18(15)24-27-20)22(31)13-6-7-16-17(10-13)26-28-25-16/h2-7,10H,8-9,11-12H2,1H3,(H,23,30)(H,24,27)(H,25,26,28). The Kier molecular flexibility index (Phi) is 5.02. The van der Waals surface area contributed by atoms with Gasteiger partial charge in [0.2, 0.25) is 0 Å². The number of nitrogens with zero attached hydrogens (tertiary/aromatic N) is 4. The van der Waals surface area contributed by atoms with Crippen molar-refractivity contribution in [3.8, 4) is 5.75 Å². The first-order chi connectivity index (χ1) is 15.6. The summed E-state index contributed by atoms with van der Waals surface area (Å²) in [5.74, 6) is 0.358. The van der Waals surface area contributed by atoms with E-state index in [-0.39, 0.29) is 11.8 Å². The van der Waals surface area contributed by atoms with Crippen molar-refractivity contribution < 1.29 is 14.3 Å². The van der Waals surface area contributed by atoms with E-state index in [4.69, 9.17) is 4.74 Å². The first-order valence-electron chi connectivity index (χ1n) is 10.2. The van der Waals surface area contributed by atoms with Crippen molar-refractivity contribution in [3.05, 3.63) is 70.5 Å². The Morgan fingerprint density at radius 2 is 1.97 bits per heavy atom. The Hall–Kier alpha value is -4.21. The number of aromatic amines is 2. The largest absolute Gasteiger partial charge is 0.496 e. The summed E-state index contributed by atoms with van der Waals surface area (Å²) in [6.07, 6.45) is 0.543. The van der Waals surface area contributed by atoms with Crippen molar-refractivity contribution in [1.29, 1.82) is 0 Å². The molecule has 0 fully saturated rings. The number of hydrogen-bond donors (Lipinski definition) is 3. The van der Waals surface area contributed by atoms with Crippen LogP contribution >= 0.6 is 0 Å². The van der Waals surface area contributed by atoms with E-state index in [2.05, 4.69) is 30.9 Å². The SMILES string of the molecule is COc1ccccc1CNC(=O)c1n[nH]c2c1CCN(C(=O)c1ccc3n[nH]nc3c1)C2. The molecule has 3 heterocycles. The Labute approximate surface area is 183 Å². The summed E-state index contributed by atoms with van der Waals surface area (Å²) in [4.78, 5) is 27.5. The minimum absolute atomic E-state index is 0.0997. The third kappa shape index (κ3) is 3.55. The van der Waals surface area contributed by atoms with E-state index in [1.807, 2.05) is 24.3 Å². The van der Waals surface area contributed by atoms with E-state index in [1.165, 1.54) is 0 Å². The van der Waals surface area contributed by atoms with E-state index in [9.17, 15) is 9.59 Å². The lowest BCUT2D eigenvalue weighted by molar-refractivity contribution is 0.0732. The number of para-hydroxylation sites is 1. The summed E-state index contributed by atoms with van der Waals surface area (Å²) < 4.78 is 5.33. The van der Waals surface area contributed by atoms with Crippen LogP contribution in [0.15, 0.2) is 42.5 Å². The lowest BCUT2D eigenvalue weighted by Gasteiger charge is -2.27. The zero-order valence-corrected chi connectivity index (χ0v) is 17.4. The van der Waals surface area contributed by atoms with Gasteiger partial charge >= 0.3 is 0 Å². The zero-order chi connectivity index (χ0) is 22.1. The number of fused-ring (bicyclic) bond motifs is 2. The molecule has 2 amide bonds. The molecule has 1 aliphatic heterocycles. The number of carbonyl (C=O) groups is 2. The van der Waals surface area contributed by atoms with Crippen molar-refractivity contribution in [1.82, 2.24) is 35.8 Å². The molecule has 0 atom stereocenters. The van der Waals surface area contributed by atoms with E-state index in [0.717, 1.165) is 22.6 Å².